The summed E-state index contributed by atoms with van der Waals surface area (Å²) in [5, 5.41) is 9.90. The van der Waals surface area contributed by atoms with E-state index in [1.807, 2.05) is 41.3 Å². The van der Waals surface area contributed by atoms with Crippen molar-refractivity contribution in [3.05, 3.63) is 54.1 Å². The van der Waals surface area contributed by atoms with Gasteiger partial charge < -0.3 is 14.7 Å². The van der Waals surface area contributed by atoms with E-state index in [1.165, 1.54) is 0 Å². The lowest BCUT2D eigenvalue weighted by Gasteiger charge is -2.33. The minimum absolute atomic E-state index is 0.209. The number of carbonyl (C=O) groups is 1. The van der Waals surface area contributed by atoms with Crippen LogP contribution in [0.3, 0.4) is 0 Å². The molecule has 5 heteroatoms. The van der Waals surface area contributed by atoms with E-state index in [1.54, 1.807) is 13.2 Å². The molecule has 3 aliphatic rings. The topological polar surface area (TPSA) is 53.0 Å². The monoisotopic (exact) mass is 364 g/mol. The molecular formula is C22H24N2O3. The Labute approximate surface area is 159 Å². The van der Waals surface area contributed by atoms with E-state index in [-0.39, 0.29) is 17.5 Å². The maximum Gasteiger partial charge on any atom is 0.247 e. The number of rotatable bonds is 3. The van der Waals surface area contributed by atoms with Crippen LogP contribution in [0.4, 0.5) is 5.69 Å². The largest absolute Gasteiger partial charge is 0.508 e. The maximum atomic E-state index is 13.6. The Balaban J connectivity index is 1.50. The van der Waals surface area contributed by atoms with Crippen LogP contribution in [0, 0.1) is 5.92 Å². The molecule has 0 aromatic heterocycles. The van der Waals surface area contributed by atoms with Gasteiger partial charge in [-0.05, 0) is 55.6 Å². The molecule has 3 heterocycles. The van der Waals surface area contributed by atoms with Gasteiger partial charge in [0.2, 0.25) is 5.91 Å². The highest BCUT2D eigenvalue weighted by atomic mass is 16.5. The van der Waals surface area contributed by atoms with Crippen molar-refractivity contribution in [3.63, 3.8) is 0 Å². The van der Waals surface area contributed by atoms with E-state index >= 15 is 0 Å². The lowest BCUT2D eigenvalue weighted by atomic mass is 9.85. The summed E-state index contributed by atoms with van der Waals surface area (Å²) in [6.45, 7) is 1.69. The van der Waals surface area contributed by atoms with E-state index in [9.17, 15) is 9.90 Å². The molecule has 1 spiro atoms. The highest BCUT2D eigenvalue weighted by Gasteiger charge is 2.65. The van der Waals surface area contributed by atoms with Crippen molar-refractivity contribution in [1.82, 2.24) is 4.90 Å². The lowest BCUT2D eigenvalue weighted by molar-refractivity contribution is -0.126. The van der Waals surface area contributed by atoms with Gasteiger partial charge in [-0.15, -0.1) is 0 Å². The van der Waals surface area contributed by atoms with Crippen molar-refractivity contribution >= 4 is 11.6 Å². The van der Waals surface area contributed by atoms with E-state index in [0.717, 1.165) is 49.4 Å². The SMILES string of the molecule is COc1cccc(N2C[C@@H]3C[C@@H](c4cccc(O)c4)N4CCC[C@@]34C2=O)c1. The molecule has 0 radical (unpaired) electrons. The molecule has 2 aromatic carbocycles. The first kappa shape index (κ1) is 16.6. The number of phenols is 1. The second-order valence-electron chi connectivity index (χ2n) is 7.88. The third kappa shape index (κ3) is 2.31. The molecular weight excluding hydrogens is 340 g/mol. The van der Waals surface area contributed by atoms with Crippen LogP contribution in [-0.4, -0.2) is 41.7 Å². The average molecular weight is 364 g/mol. The molecule has 3 aliphatic heterocycles. The van der Waals surface area contributed by atoms with Crippen LogP contribution >= 0.6 is 0 Å². The van der Waals surface area contributed by atoms with Gasteiger partial charge in [-0.1, -0.05) is 18.2 Å². The first-order valence-corrected chi connectivity index (χ1v) is 9.65. The van der Waals surface area contributed by atoms with Crippen molar-refractivity contribution < 1.29 is 14.6 Å². The minimum atomic E-state index is -0.390. The Bertz CT molecular complexity index is 899. The molecule has 0 saturated carbocycles. The van der Waals surface area contributed by atoms with Crippen LogP contribution in [0.25, 0.3) is 0 Å². The van der Waals surface area contributed by atoms with E-state index < -0.39 is 0 Å². The van der Waals surface area contributed by atoms with E-state index in [0.29, 0.717) is 11.7 Å². The minimum Gasteiger partial charge on any atom is -0.508 e. The molecule has 0 bridgehead atoms. The molecule has 2 aromatic rings. The summed E-state index contributed by atoms with van der Waals surface area (Å²) in [7, 11) is 1.65. The van der Waals surface area contributed by atoms with Crippen molar-refractivity contribution in [3.8, 4) is 11.5 Å². The second kappa shape index (κ2) is 5.99. The van der Waals surface area contributed by atoms with Crippen molar-refractivity contribution in [2.24, 2.45) is 5.92 Å². The summed E-state index contributed by atoms with van der Waals surface area (Å²) in [5.74, 6) is 1.60. The molecule has 3 saturated heterocycles. The molecule has 5 rings (SSSR count). The number of nitrogens with zero attached hydrogens (tertiary/aromatic N) is 2. The lowest BCUT2D eigenvalue weighted by Crippen LogP contribution is -2.49. The number of benzene rings is 2. The number of hydrogen-bond acceptors (Lipinski definition) is 4. The fourth-order valence-corrected chi connectivity index (χ4v) is 5.54. The van der Waals surface area contributed by atoms with E-state index in [2.05, 4.69) is 11.0 Å². The van der Waals surface area contributed by atoms with Crippen LogP contribution in [0.1, 0.15) is 30.9 Å². The Hall–Kier alpha value is -2.53. The fraction of sp³-hybridized carbons (Fsp3) is 0.409. The third-order valence-electron chi connectivity index (χ3n) is 6.67. The maximum absolute atomic E-state index is 13.6. The number of amides is 1. The normalized spacial score (nSPS) is 29.8. The number of carbonyl (C=O) groups excluding carboxylic acids is 1. The van der Waals surface area contributed by atoms with Gasteiger partial charge in [0.25, 0.3) is 0 Å². The Morgan fingerprint density at radius 3 is 2.85 bits per heavy atom. The standard InChI is InChI=1S/C22H24N2O3/c1-27-19-8-3-6-17(13-19)23-14-16-12-20(15-5-2-7-18(25)11-15)24-10-4-9-22(16,24)21(23)26/h2-3,5-8,11,13,16,20,25H,4,9-10,12,14H2,1H3/t16-,20-,22-/m0/s1. The van der Waals surface area contributed by atoms with Gasteiger partial charge in [0.15, 0.2) is 0 Å². The first-order valence-electron chi connectivity index (χ1n) is 9.65. The Morgan fingerprint density at radius 2 is 2.04 bits per heavy atom. The third-order valence-corrected chi connectivity index (χ3v) is 6.67. The fourth-order valence-electron chi connectivity index (χ4n) is 5.54. The van der Waals surface area contributed by atoms with Crippen molar-refractivity contribution in [2.75, 3.05) is 25.1 Å². The number of anilines is 1. The molecule has 0 unspecified atom stereocenters. The molecule has 27 heavy (non-hydrogen) atoms. The second-order valence-corrected chi connectivity index (χ2v) is 7.88. The molecule has 1 amide bonds. The molecule has 0 aliphatic carbocycles. The zero-order valence-corrected chi connectivity index (χ0v) is 15.5. The number of methoxy groups -OCH3 is 1. The van der Waals surface area contributed by atoms with Gasteiger partial charge in [0.05, 0.1) is 7.11 Å². The average Bonchev–Trinajstić information content (AvgIpc) is 3.32. The van der Waals surface area contributed by atoms with Crippen LogP contribution in [-0.2, 0) is 4.79 Å². The highest BCUT2D eigenvalue weighted by molar-refractivity contribution is 6.04. The van der Waals surface area contributed by atoms with Gasteiger partial charge >= 0.3 is 0 Å². The van der Waals surface area contributed by atoms with Crippen molar-refractivity contribution in [1.29, 1.82) is 0 Å². The van der Waals surface area contributed by atoms with Crippen LogP contribution in [0.2, 0.25) is 0 Å². The number of ether oxygens (including phenoxy) is 1. The zero-order valence-electron chi connectivity index (χ0n) is 15.5. The molecule has 3 fully saturated rings. The van der Waals surface area contributed by atoms with Gasteiger partial charge in [-0.25, -0.2) is 0 Å². The summed E-state index contributed by atoms with van der Waals surface area (Å²) < 4.78 is 5.34. The van der Waals surface area contributed by atoms with Gasteiger partial charge in [0, 0.05) is 30.3 Å². The quantitative estimate of drug-likeness (QED) is 0.908. The summed E-state index contributed by atoms with van der Waals surface area (Å²) in [4.78, 5) is 18.0. The van der Waals surface area contributed by atoms with E-state index in [4.69, 9.17) is 4.74 Å². The summed E-state index contributed by atoms with van der Waals surface area (Å²) in [6, 6.07) is 15.5. The Morgan fingerprint density at radius 1 is 1.19 bits per heavy atom. The number of phenolic OH excluding ortho intramolecular Hbond substituents is 1. The van der Waals surface area contributed by atoms with Crippen molar-refractivity contribution in [2.45, 2.75) is 30.8 Å². The smallest absolute Gasteiger partial charge is 0.247 e. The highest BCUT2D eigenvalue weighted by Crippen LogP contribution is 2.56. The van der Waals surface area contributed by atoms with Crippen LogP contribution in [0.5, 0.6) is 11.5 Å². The predicted molar refractivity (Wildman–Crippen MR) is 103 cm³/mol. The molecule has 3 atom stereocenters. The zero-order chi connectivity index (χ0) is 18.6. The predicted octanol–water partition coefficient (Wildman–Crippen LogP) is 3.34. The van der Waals surface area contributed by atoms with Gasteiger partial charge in [-0.2, -0.15) is 0 Å². The van der Waals surface area contributed by atoms with Gasteiger partial charge in [0.1, 0.15) is 17.0 Å². The molecule has 1 N–H and O–H groups in total. The summed E-state index contributed by atoms with van der Waals surface area (Å²) in [6.07, 6.45) is 2.92. The summed E-state index contributed by atoms with van der Waals surface area (Å²) >= 11 is 0. The molecule has 140 valence electrons. The number of aromatic hydroxyl groups is 1. The summed E-state index contributed by atoms with van der Waals surface area (Å²) in [5.41, 5.74) is 1.65. The first-order chi connectivity index (χ1) is 13.1. The van der Waals surface area contributed by atoms with Crippen LogP contribution in [0.15, 0.2) is 48.5 Å². The van der Waals surface area contributed by atoms with Gasteiger partial charge in [-0.3, -0.25) is 9.69 Å². The number of hydrogen-bond donors (Lipinski definition) is 1. The van der Waals surface area contributed by atoms with Crippen LogP contribution < -0.4 is 9.64 Å². The Kier molecular flexibility index (Phi) is 3.69. The molecule has 5 nitrogen and oxygen atoms in total.